The first-order valence-corrected chi connectivity index (χ1v) is 25.0. The van der Waals surface area contributed by atoms with E-state index in [1.54, 1.807) is 0 Å². The maximum absolute atomic E-state index is 14.4. The summed E-state index contributed by atoms with van der Waals surface area (Å²) >= 11 is 4.76. The zero-order chi connectivity index (χ0) is 47.1. The number of Topliss-reactive ketones (excluding diaryl/α,β-unsaturated/α-hetero) is 1. The number of carbonyl (C=O) groups is 3. The number of ether oxygens (including phenoxy) is 2. The number of nitrogens with one attached hydrogen (secondary N) is 4. The number of rotatable bonds is 21. The SMILES string of the molecule is C=Cc1c2[nH]c(c1C)/C=C1\N/C(=C3\c4[nH]c(c(C)c4C(=O)[C@@H]3C(=O)OC)/C=c3\[nH]/c(c(CS)c3CC)=C\2)[C@@H](CCC(=O)OC/C=C(\C)CCC[C@H](C)CCC[C@H](C)CCCC(C)C)[C@@H]1C. The average Bonchev–Trinajstić information content (AvgIpc) is 4.02. The molecule has 10 heteroatoms. The molecule has 0 unspecified atom stereocenters. The van der Waals surface area contributed by atoms with Gasteiger partial charge >= 0.3 is 11.9 Å². The van der Waals surface area contributed by atoms with Crippen LogP contribution in [0.25, 0.3) is 29.9 Å². The van der Waals surface area contributed by atoms with Crippen molar-refractivity contribution < 1.29 is 23.9 Å². The Balaban J connectivity index is 1.23. The lowest BCUT2D eigenvalue weighted by atomic mass is 9.85. The number of aromatic nitrogens is 3. The molecule has 352 valence electrons. The van der Waals surface area contributed by atoms with Crippen LogP contribution in [0.1, 0.15) is 180 Å². The first kappa shape index (κ1) is 49.7. The van der Waals surface area contributed by atoms with Gasteiger partial charge in [0.05, 0.1) is 12.8 Å². The standard InChI is InChI=1S/C55H76N4O5S/c1-12-38-35(8)42-27-43-36(9)40(23-24-48(60)64-26-25-34(7)22-16-21-33(6)20-15-19-32(5)18-14-17-31(3)4)52(58-43)50-51(55(62)63-11)54(61)49-37(10)44(59-53(49)50)28-46-39(13-2)41(30-65)47(57-46)29-45(38)56-42/h12,25,27-29,31-33,36,40,51,56-59,65H,1,13-24,26,30H2,2-11H3/b34-25+,43-27-,46-28-,47-29-,52-50-/t32-,33-,36+,40+,51-/m1/s1. The van der Waals surface area contributed by atoms with Crippen LogP contribution in [0.2, 0.25) is 0 Å². The number of H-pyrrole nitrogens is 3. The van der Waals surface area contributed by atoms with E-state index in [-0.39, 0.29) is 36.6 Å². The third-order valence-electron chi connectivity index (χ3n) is 14.5. The highest BCUT2D eigenvalue weighted by atomic mass is 32.1. The van der Waals surface area contributed by atoms with E-state index in [1.165, 1.54) is 57.6 Å². The monoisotopic (exact) mass is 905 g/mol. The molecule has 65 heavy (non-hydrogen) atoms. The van der Waals surface area contributed by atoms with Crippen molar-refractivity contribution in [3.8, 4) is 0 Å². The molecule has 2 aliphatic heterocycles. The molecule has 3 aromatic rings. The summed E-state index contributed by atoms with van der Waals surface area (Å²) < 4.78 is 11.1. The molecule has 9 nitrogen and oxygen atoms in total. The van der Waals surface area contributed by atoms with Crippen molar-refractivity contribution in [3.05, 3.63) is 96.5 Å². The number of thiol groups is 1. The molecular weight excluding hydrogens is 829 g/mol. The van der Waals surface area contributed by atoms with E-state index in [0.717, 1.165) is 104 Å². The number of esters is 2. The Morgan fingerprint density at radius 3 is 2.15 bits per heavy atom. The molecule has 6 rings (SSSR count). The van der Waals surface area contributed by atoms with E-state index < -0.39 is 11.9 Å². The molecule has 1 aliphatic carbocycles. The highest BCUT2D eigenvalue weighted by Crippen LogP contribution is 2.48. The maximum atomic E-state index is 14.4. The molecule has 5 atom stereocenters. The molecule has 1 saturated heterocycles. The van der Waals surface area contributed by atoms with Gasteiger partial charge in [0.1, 0.15) is 12.5 Å². The molecule has 3 aliphatic rings. The number of ketones is 1. The van der Waals surface area contributed by atoms with Crippen LogP contribution in [0.15, 0.2) is 29.6 Å². The minimum atomic E-state index is -1.15. The van der Waals surface area contributed by atoms with Gasteiger partial charge in [-0.15, -0.1) is 0 Å². The quantitative estimate of drug-likeness (QED) is 0.0313. The van der Waals surface area contributed by atoms with Gasteiger partial charge < -0.3 is 29.7 Å². The van der Waals surface area contributed by atoms with E-state index in [2.05, 4.69) is 100 Å². The summed E-state index contributed by atoms with van der Waals surface area (Å²) in [6.07, 6.45) is 23.0. The van der Waals surface area contributed by atoms with Crippen LogP contribution in [-0.2, 0) is 31.2 Å². The Hall–Kier alpha value is -4.70. The molecule has 3 aromatic heterocycles. The lowest BCUT2D eigenvalue weighted by Gasteiger charge is -2.19. The smallest absolute Gasteiger partial charge is 0.321 e. The second-order valence-electron chi connectivity index (χ2n) is 19.7. The van der Waals surface area contributed by atoms with Crippen LogP contribution in [0, 0.1) is 49.4 Å². The van der Waals surface area contributed by atoms with Crippen molar-refractivity contribution in [2.45, 2.75) is 145 Å². The normalized spacial score (nSPS) is 21.8. The van der Waals surface area contributed by atoms with Crippen molar-refractivity contribution in [1.82, 2.24) is 20.3 Å². The van der Waals surface area contributed by atoms with Crippen molar-refractivity contribution >= 4 is 60.2 Å². The van der Waals surface area contributed by atoms with Crippen LogP contribution in [0.5, 0.6) is 0 Å². The van der Waals surface area contributed by atoms with Crippen molar-refractivity contribution in [3.63, 3.8) is 0 Å². The predicted molar refractivity (Wildman–Crippen MR) is 270 cm³/mol. The van der Waals surface area contributed by atoms with Gasteiger partial charge in [-0.2, -0.15) is 12.6 Å². The largest absolute Gasteiger partial charge is 0.468 e. The van der Waals surface area contributed by atoms with Crippen LogP contribution in [-0.4, -0.2) is 46.4 Å². The summed E-state index contributed by atoms with van der Waals surface area (Å²) in [6, 6.07) is 0. The fourth-order valence-corrected chi connectivity index (χ4v) is 10.8. The average molecular weight is 905 g/mol. The highest BCUT2D eigenvalue weighted by molar-refractivity contribution is 7.79. The minimum absolute atomic E-state index is 0.0982. The van der Waals surface area contributed by atoms with Crippen LogP contribution in [0.3, 0.4) is 0 Å². The lowest BCUT2D eigenvalue weighted by Crippen LogP contribution is -2.25. The van der Waals surface area contributed by atoms with Gasteiger partial charge in [-0.3, -0.25) is 14.4 Å². The van der Waals surface area contributed by atoms with Crippen molar-refractivity contribution in [2.75, 3.05) is 13.7 Å². The molecule has 1 fully saturated rings. The number of fused-ring (bicyclic) bond motifs is 7. The summed E-state index contributed by atoms with van der Waals surface area (Å²) in [6.45, 7) is 24.2. The van der Waals surface area contributed by atoms with Gasteiger partial charge in [-0.05, 0) is 111 Å². The fraction of sp³-hybridized carbons (Fsp3) is 0.545. The van der Waals surface area contributed by atoms with Gasteiger partial charge in [0.2, 0.25) is 0 Å². The van der Waals surface area contributed by atoms with E-state index in [0.29, 0.717) is 29.0 Å². The number of allylic oxidation sites excluding steroid dienone is 3. The Kier molecular flexibility index (Phi) is 17.0. The summed E-state index contributed by atoms with van der Waals surface area (Å²) in [4.78, 5) is 52.5. The highest BCUT2D eigenvalue weighted by Gasteiger charge is 2.48. The molecule has 0 amide bonds. The fourth-order valence-electron chi connectivity index (χ4n) is 10.5. The Morgan fingerprint density at radius 1 is 0.862 bits per heavy atom. The molecule has 0 spiro atoms. The molecule has 0 aromatic carbocycles. The first-order chi connectivity index (χ1) is 31.1. The zero-order valence-electron chi connectivity index (χ0n) is 40.9. The topological polar surface area (TPSA) is 129 Å². The minimum Gasteiger partial charge on any atom is -0.468 e. The van der Waals surface area contributed by atoms with Crippen molar-refractivity contribution in [1.29, 1.82) is 0 Å². The van der Waals surface area contributed by atoms with Crippen molar-refractivity contribution in [2.24, 2.45) is 35.5 Å². The van der Waals surface area contributed by atoms with E-state index >= 15 is 0 Å². The van der Waals surface area contributed by atoms with Gasteiger partial charge in [0.15, 0.2) is 5.78 Å². The molecule has 5 heterocycles. The number of methoxy groups -OCH3 is 1. The van der Waals surface area contributed by atoms with Gasteiger partial charge in [-0.25, -0.2) is 0 Å². The first-order valence-electron chi connectivity index (χ1n) is 24.4. The van der Waals surface area contributed by atoms with Crippen LogP contribution >= 0.6 is 12.6 Å². The van der Waals surface area contributed by atoms with Gasteiger partial charge in [-0.1, -0.05) is 105 Å². The Bertz CT molecular complexity index is 2470. The number of hydrogen-bond acceptors (Lipinski definition) is 7. The van der Waals surface area contributed by atoms with Crippen LogP contribution < -0.4 is 16.0 Å². The van der Waals surface area contributed by atoms with Crippen LogP contribution in [0.4, 0.5) is 0 Å². The zero-order valence-corrected chi connectivity index (χ0v) is 41.8. The molecular formula is C55H76N4O5S. The van der Waals surface area contributed by atoms with E-state index in [9.17, 15) is 14.4 Å². The maximum Gasteiger partial charge on any atom is 0.321 e. The second-order valence-corrected chi connectivity index (χ2v) is 20.0. The summed E-state index contributed by atoms with van der Waals surface area (Å²) in [5.41, 5.74) is 12.2. The number of carbonyl (C=O) groups excluding carboxylic acids is 3. The molecule has 4 N–H and O–H groups in total. The summed E-state index contributed by atoms with van der Waals surface area (Å²) in [7, 11) is 1.32. The molecule has 0 radical (unpaired) electrons. The summed E-state index contributed by atoms with van der Waals surface area (Å²) in [5, 5.41) is 5.59. The van der Waals surface area contributed by atoms with Gasteiger partial charge in [0.25, 0.3) is 0 Å². The van der Waals surface area contributed by atoms with E-state index in [4.69, 9.17) is 22.1 Å². The predicted octanol–water partition coefficient (Wildman–Crippen LogP) is 11.2. The third kappa shape index (κ3) is 11.1. The molecule has 0 saturated carbocycles. The Morgan fingerprint density at radius 2 is 1.51 bits per heavy atom. The Labute approximate surface area is 393 Å². The summed E-state index contributed by atoms with van der Waals surface area (Å²) in [5.74, 6) is 0.210. The lowest BCUT2D eigenvalue weighted by molar-refractivity contribution is -0.143. The van der Waals surface area contributed by atoms with E-state index in [1.807, 2.05) is 19.1 Å². The van der Waals surface area contributed by atoms with Gasteiger partial charge in [0, 0.05) is 79.9 Å². The second kappa shape index (κ2) is 22.2. The number of aromatic amines is 3. The molecule has 8 bridgehead atoms. The third-order valence-corrected chi connectivity index (χ3v) is 14.9. The number of hydrogen-bond donors (Lipinski definition) is 5.